The fourth-order valence-corrected chi connectivity index (χ4v) is 3.52. The molecule has 13 heteroatoms. The molecular weight excluding hydrogens is 501 g/mol. The quantitative estimate of drug-likeness (QED) is 0.172. The van der Waals surface area contributed by atoms with Crippen LogP contribution >= 0.6 is 0 Å². The third-order valence-corrected chi connectivity index (χ3v) is 5.78. The van der Waals surface area contributed by atoms with Crippen molar-refractivity contribution in [3.05, 3.63) is 35.6 Å². The average Bonchev–Trinajstić information content (AvgIpc) is 2.84. The molecule has 0 bridgehead atoms. The number of rotatable bonds is 15. The number of Topliss-reactive ketones (excluding diaryl/α,β-unsaturated/α-hetero) is 1. The molecule has 0 fully saturated rings. The first kappa shape index (κ1) is 32.0. The Bertz CT molecular complexity index is 1020. The molecule has 0 saturated heterocycles. The number of nitrogens with two attached hydrogens (primary N) is 1. The van der Waals surface area contributed by atoms with Gasteiger partial charge in [-0.05, 0) is 36.0 Å². The van der Waals surface area contributed by atoms with Crippen molar-refractivity contribution in [1.82, 2.24) is 21.3 Å². The van der Waals surface area contributed by atoms with Gasteiger partial charge in [0.15, 0.2) is 0 Å². The zero-order valence-electron chi connectivity index (χ0n) is 21.9. The number of ketones is 1. The molecule has 7 N–H and O–H groups in total. The molecule has 38 heavy (non-hydrogen) atoms. The van der Waals surface area contributed by atoms with E-state index in [1.165, 1.54) is 24.3 Å². The number of benzene rings is 1. The Morgan fingerprint density at radius 3 is 2.05 bits per heavy atom. The molecular formula is C25H36FN5O7. The molecule has 0 aliphatic rings. The van der Waals surface area contributed by atoms with Crippen LogP contribution in [-0.4, -0.2) is 65.3 Å². The fourth-order valence-electron chi connectivity index (χ4n) is 3.52. The van der Waals surface area contributed by atoms with Gasteiger partial charge in [0, 0.05) is 6.42 Å². The summed E-state index contributed by atoms with van der Waals surface area (Å²) in [5, 5.41) is 18.1. The summed E-state index contributed by atoms with van der Waals surface area (Å²) in [6, 6.07) is 1.70. The van der Waals surface area contributed by atoms with Crippen LogP contribution in [-0.2, 0) is 30.4 Å². The molecule has 0 aliphatic carbocycles. The van der Waals surface area contributed by atoms with Gasteiger partial charge in [-0.1, -0.05) is 46.2 Å². The Morgan fingerprint density at radius 2 is 1.55 bits per heavy atom. The van der Waals surface area contributed by atoms with Gasteiger partial charge in [-0.25, -0.2) is 9.18 Å². The van der Waals surface area contributed by atoms with E-state index in [2.05, 4.69) is 21.3 Å². The molecule has 0 saturated carbocycles. The summed E-state index contributed by atoms with van der Waals surface area (Å²) in [6.07, 6.45) is -0.840. The number of amides is 5. The van der Waals surface area contributed by atoms with Gasteiger partial charge in [-0.3, -0.25) is 24.0 Å². The van der Waals surface area contributed by atoms with Crippen LogP contribution in [0.5, 0.6) is 0 Å². The molecule has 1 rings (SSSR count). The first-order valence-electron chi connectivity index (χ1n) is 12.2. The Labute approximate surface area is 220 Å². The SMILES string of the molecule is CCC(C)C(NC(=O)C(CC(C)C)NC(=O)O)C(=O)C(=O)NCC(=O)NC(Cc1ccc(F)cc1)C(N)=O. The van der Waals surface area contributed by atoms with Crippen molar-refractivity contribution < 1.29 is 38.3 Å². The second kappa shape index (κ2) is 15.3. The molecule has 4 unspecified atom stereocenters. The summed E-state index contributed by atoms with van der Waals surface area (Å²) >= 11 is 0. The summed E-state index contributed by atoms with van der Waals surface area (Å²) in [6.45, 7) is 6.31. The first-order chi connectivity index (χ1) is 17.7. The van der Waals surface area contributed by atoms with E-state index in [1.807, 2.05) is 0 Å². The van der Waals surface area contributed by atoms with Gasteiger partial charge in [0.25, 0.3) is 5.91 Å². The lowest BCUT2D eigenvalue weighted by molar-refractivity contribution is -0.141. The smallest absolute Gasteiger partial charge is 0.405 e. The van der Waals surface area contributed by atoms with Gasteiger partial charge in [0.05, 0.1) is 12.6 Å². The highest BCUT2D eigenvalue weighted by atomic mass is 19.1. The van der Waals surface area contributed by atoms with E-state index in [0.29, 0.717) is 12.0 Å². The molecule has 0 radical (unpaired) electrons. The monoisotopic (exact) mass is 537 g/mol. The van der Waals surface area contributed by atoms with E-state index in [-0.39, 0.29) is 18.8 Å². The number of hydrogen-bond acceptors (Lipinski definition) is 6. The summed E-state index contributed by atoms with van der Waals surface area (Å²) in [5.41, 5.74) is 5.87. The largest absolute Gasteiger partial charge is 0.465 e. The second-order valence-electron chi connectivity index (χ2n) is 9.40. The van der Waals surface area contributed by atoms with Crippen molar-refractivity contribution in [3.8, 4) is 0 Å². The molecule has 0 aliphatic heterocycles. The zero-order valence-corrected chi connectivity index (χ0v) is 21.9. The third kappa shape index (κ3) is 10.9. The maximum absolute atomic E-state index is 13.1. The standard InChI is InChI=1S/C25H36FN5O7/c1-5-14(4)20(31-23(35)18(10-13(2)3)30-25(37)38)21(33)24(36)28-12-19(32)29-17(22(27)34)11-15-6-8-16(26)9-7-15/h6-9,13-14,17-18,20,30H,5,10-12H2,1-4H3,(H2,27,34)(H,28,36)(H,29,32)(H,31,35)(H,37,38). The number of primary amides is 1. The van der Waals surface area contributed by atoms with E-state index in [4.69, 9.17) is 10.8 Å². The van der Waals surface area contributed by atoms with Crippen LogP contribution in [0.1, 0.15) is 46.1 Å². The van der Waals surface area contributed by atoms with Crippen LogP contribution in [0.4, 0.5) is 9.18 Å². The lowest BCUT2D eigenvalue weighted by atomic mass is 9.94. The molecule has 0 heterocycles. The molecule has 5 amide bonds. The number of halogens is 1. The minimum atomic E-state index is -1.41. The van der Waals surface area contributed by atoms with Crippen LogP contribution in [0, 0.1) is 17.7 Å². The number of carboxylic acid groups (broad SMARTS) is 1. The minimum Gasteiger partial charge on any atom is -0.465 e. The van der Waals surface area contributed by atoms with Crippen molar-refractivity contribution in [3.63, 3.8) is 0 Å². The summed E-state index contributed by atoms with van der Waals surface area (Å²) < 4.78 is 13.1. The maximum Gasteiger partial charge on any atom is 0.405 e. The van der Waals surface area contributed by atoms with Crippen molar-refractivity contribution in [2.24, 2.45) is 17.6 Å². The van der Waals surface area contributed by atoms with Gasteiger partial charge in [-0.2, -0.15) is 0 Å². The van der Waals surface area contributed by atoms with Crippen LogP contribution in [0.2, 0.25) is 0 Å². The average molecular weight is 538 g/mol. The third-order valence-electron chi connectivity index (χ3n) is 5.78. The van der Waals surface area contributed by atoms with Gasteiger partial charge in [0.2, 0.25) is 23.5 Å². The maximum atomic E-state index is 13.1. The van der Waals surface area contributed by atoms with Crippen LogP contribution in [0.25, 0.3) is 0 Å². The van der Waals surface area contributed by atoms with Gasteiger partial charge in [-0.15, -0.1) is 0 Å². The summed E-state index contributed by atoms with van der Waals surface area (Å²) in [7, 11) is 0. The molecule has 0 spiro atoms. The number of carbonyl (C=O) groups excluding carboxylic acids is 5. The molecule has 1 aromatic carbocycles. The second-order valence-corrected chi connectivity index (χ2v) is 9.40. The Balaban J connectivity index is 2.82. The topological polar surface area (TPSA) is 197 Å². The highest BCUT2D eigenvalue weighted by Crippen LogP contribution is 2.12. The van der Waals surface area contributed by atoms with E-state index in [1.54, 1.807) is 27.7 Å². The van der Waals surface area contributed by atoms with E-state index in [9.17, 15) is 33.2 Å². The summed E-state index contributed by atoms with van der Waals surface area (Å²) in [4.78, 5) is 73.3. The first-order valence-corrected chi connectivity index (χ1v) is 12.2. The van der Waals surface area contributed by atoms with Crippen molar-refractivity contribution in [2.45, 2.75) is 65.1 Å². The van der Waals surface area contributed by atoms with E-state index in [0.717, 1.165) is 0 Å². The Kier molecular flexibility index (Phi) is 12.9. The van der Waals surface area contributed by atoms with E-state index < -0.39 is 71.9 Å². The molecule has 0 aromatic heterocycles. The number of hydrogen-bond donors (Lipinski definition) is 6. The lowest BCUT2D eigenvalue weighted by Gasteiger charge is -2.26. The van der Waals surface area contributed by atoms with Crippen molar-refractivity contribution in [1.29, 1.82) is 0 Å². The van der Waals surface area contributed by atoms with Crippen LogP contribution < -0.4 is 27.0 Å². The lowest BCUT2D eigenvalue weighted by Crippen LogP contribution is -2.56. The van der Waals surface area contributed by atoms with Crippen molar-refractivity contribution in [2.75, 3.05) is 6.54 Å². The molecule has 210 valence electrons. The number of nitrogens with one attached hydrogen (secondary N) is 4. The number of carbonyl (C=O) groups is 6. The highest BCUT2D eigenvalue weighted by molar-refractivity contribution is 6.38. The normalized spacial score (nSPS) is 13.9. The van der Waals surface area contributed by atoms with Gasteiger partial charge in [0.1, 0.15) is 17.9 Å². The van der Waals surface area contributed by atoms with E-state index >= 15 is 0 Å². The molecule has 4 atom stereocenters. The van der Waals surface area contributed by atoms with Crippen LogP contribution in [0.3, 0.4) is 0 Å². The van der Waals surface area contributed by atoms with Crippen molar-refractivity contribution >= 4 is 35.5 Å². The van der Waals surface area contributed by atoms with Gasteiger partial charge < -0.3 is 32.1 Å². The molecule has 1 aromatic rings. The fraction of sp³-hybridized carbons (Fsp3) is 0.520. The van der Waals surface area contributed by atoms with Gasteiger partial charge >= 0.3 is 6.09 Å². The predicted octanol–water partition coefficient (Wildman–Crippen LogP) is 0.237. The molecule has 12 nitrogen and oxygen atoms in total. The highest BCUT2D eigenvalue weighted by Gasteiger charge is 2.33. The zero-order chi connectivity index (χ0) is 29.0. The van der Waals surface area contributed by atoms with Crippen LogP contribution in [0.15, 0.2) is 24.3 Å². The predicted molar refractivity (Wildman–Crippen MR) is 135 cm³/mol. The summed E-state index contributed by atoms with van der Waals surface area (Å²) in [5.74, 6) is -5.56. The Morgan fingerprint density at radius 1 is 0.947 bits per heavy atom. The minimum absolute atomic E-state index is 0.0156. The Hall–Kier alpha value is -4.03.